The number of aliphatic hydroxyl groups excluding tert-OH is 1. The normalized spacial score (nSPS) is 17.0. The van der Waals surface area contributed by atoms with Crippen LogP contribution < -0.4 is 4.72 Å². The molecule has 0 atom stereocenters. The molecule has 0 saturated heterocycles. The molecule has 0 heterocycles. The Morgan fingerprint density at radius 1 is 1.26 bits per heavy atom. The summed E-state index contributed by atoms with van der Waals surface area (Å²) >= 11 is 11.9. The van der Waals surface area contributed by atoms with E-state index in [9.17, 15) is 8.42 Å². The van der Waals surface area contributed by atoms with Gasteiger partial charge in [-0.05, 0) is 30.5 Å². The third-order valence-corrected chi connectivity index (χ3v) is 5.54. The second-order valence-electron chi connectivity index (χ2n) is 4.64. The quantitative estimate of drug-likeness (QED) is 0.895. The van der Waals surface area contributed by atoms with Gasteiger partial charge in [-0.15, -0.1) is 0 Å². The maximum Gasteiger partial charge on any atom is 0.242 e. The van der Waals surface area contributed by atoms with Crippen LogP contribution in [0.4, 0.5) is 0 Å². The summed E-state index contributed by atoms with van der Waals surface area (Å²) in [7, 11) is -3.71. The Labute approximate surface area is 122 Å². The molecular weight excluding hydrogens is 309 g/mol. The summed E-state index contributed by atoms with van der Waals surface area (Å²) in [6.07, 6.45) is 3.73. The van der Waals surface area contributed by atoms with Gasteiger partial charge in [-0.25, -0.2) is 13.1 Å². The van der Waals surface area contributed by atoms with E-state index < -0.39 is 10.0 Å². The molecule has 0 aromatic heterocycles. The number of hydrogen-bond donors (Lipinski definition) is 2. The van der Waals surface area contributed by atoms with Gasteiger partial charge in [-0.2, -0.15) is 0 Å². The van der Waals surface area contributed by atoms with Crippen LogP contribution in [0, 0.1) is 0 Å². The number of rotatable bonds is 4. The van der Waals surface area contributed by atoms with Crippen LogP contribution in [0.2, 0.25) is 10.0 Å². The fraction of sp³-hybridized carbons (Fsp3) is 0.500. The molecule has 1 aromatic rings. The summed E-state index contributed by atoms with van der Waals surface area (Å²) in [6.45, 7) is -0.356. The monoisotopic (exact) mass is 323 g/mol. The molecule has 0 aliphatic heterocycles. The standard InChI is InChI=1S/C12H15Cl2NO3S/c13-9-5-8(7-16)12(14)11(6-9)19(17,18)15-10-3-1-2-4-10/h5-6,10,15-16H,1-4,7H2. The first kappa shape index (κ1) is 15.1. The topological polar surface area (TPSA) is 66.4 Å². The zero-order valence-corrected chi connectivity index (χ0v) is 12.5. The average molecular weight is 324 g/mol. The lowest BCUT2D eigenvalue weighted by Crippen LogP contribution is -2.32. The fourth-order valence-corrected chi connectivity index (χ4v) is 4.49. The smallest absolute Gasteiger partial charge is 0.242 e. The Hall–Kier alpha value is -0.330. The molecule has 19 heavy (non-hydrogen) atoms. The summed E-state index contributed by atoms with van der Waals surface area (Å²) in [5.41, 5.74) is 0.306. The number of halogens is 2. The lowest BCUT2D eigenvalue weighted by atomic mass is 10.2. The molecule has 0 spiro atoms. The highest BCUT2D eigenvalue weighted by atomic mass is 35.5. The van der Waals surface area contributed by atoms with Crippen molar-refractivity contribution < 1.29 is 13.5 Å². The van der Waals surface area contributed by atoms with Gasteiger partial charge in [0.25, 0.3) is 0 Å². The van der Waals surface area contributed by atoms with E-state index in [1.165, 1.54) is 12.1 Å². The molecule has 0 unspecified atom stereocenters. The Kier molecular flexibility index (Phi) is 4.74. The lowest BCUT2D eigenvalue weighted by molar-refractivity contribution is 0.281. The van der Waals surface area contributed by atoms with Crippen molar-refractivity contribution >= 4 is 33.2 Å². The van der Waals surface area contributed by atoms with Gasteiger partial charge in [-0.1, -0.05) is 36.0 Å². The second-order valence-corrected chi connectivity index (χ2v) is 7.13. The third kappa shape index (κ3) is 3.41. The van der Waals surface area contributed by atoms with Gasteiger partial charge >= 0.3 is 0 Å². The van der Waals surface area contributed by atoms with Crippen molar-refractivity contribution in [3.8, 4) is 0 Å². The van der Waals surface area contributed by atoms with E-state index in [0.29, 0.717) is 5.56 Å². The van der Waals surface area contributed by atoms with E-state index in [1.807, 2.05) is 0 Å². The van der Waals surface area contributed by atoms with Crippen LogP contribution in [-0.4, -0.2) is 19.6 Å². The Balaban J connectivity index is 2.36. The summed E-state index contributed by atoms with van der Waals surface area (Å²) in [4.78, 5) is -0.0717. The van der Waals surface area contributed by atoms with E-state index in [2.05, 4.69) is 4.72 Å². The SMILES string of the molecule is O=S(=O)(NC1CCCC1)c1cc(Cl)cc(CO)c1Cl. The van der Waals surface area contributed by atoms with Gasteiger partial charge in [0.2, 0.25) is 10.0 Å². The predicted molar refractivity (Wildman–Crippen MR) is 75.0 cm³/mol. The van der Waals surface area contributed by atoms with Crippen molar-refractivity contribution in [3.63, 3.8) is 0 Å². The van der Waals surface area contributed by atoms with Crippen LogP contribution >= 0.6 is 23.2 Å². The van der Waals surface area contributed by atoms with Crippen LogP contribution in [0.1, 0.15) is 31.2 Å². The van der Waals surface area contributed by atoms with Gasteiger partial charge in [0.05, 0.1) is 11.6 Å². The van der Waals surface area contributed by atoms with Crippen LogP contribution in [0.25, 0.3) is 0 Å². The van der Waals surface area contributed by atoms with E-state index in [1.54, 1.807) is 0 Å². The minimum absolute atomic E-state index is 0.0254. The van der Waals surface area contributed by atoms with Crippen molar-refractivity contribution in [2.24, 2.45) is 0 Å². The zero-order valence-electron chi connectivity index (χ0n) is 10.2. The van der Waals surface area contributed by atoms with Gasteiger partial charge in [0.15, 0.2) is 0 Å². The Bertz CT molecular complexity index is 569. The molecule has 1 aliphatic rings. The van der Waals surface area contributed by atoms with Gasteiger partial charge < -0.3 is 5.11 Å². The first-order valence-electron chi connectivity index (χ1n) is 6.05. The molecule has 2 N–H and O–H groups in total. The van der Waals surface area contributed by atoms with E-state index in [-0.39, 0.29) is 27.6 Å². The molecule has 7 heteroatoms. The first-order chi connectivity index (χ1) is 8.94. The van der Waals surface area contributed by atoms with Crippen LogP contribution in [-0.2, 0) is 16.6 Å². The van der Waals surface area contributed by atoms with E-state index in [0.717, 1.165) is 25.7 Å². The highest BCUT2D eigenvalue weighted by molar-refractivity contribution is 7.89. The molecule has 1 aliphatic carbocycles. The van der Waals surface area contributed by atoms with E-state index >= 15 is 0 Å². The van der Waals surface area contributed by atoms with Crippen molar-refractivity contribution in [1.82, 2.24) is 4.72 Å². The van der Waals surface area contributed by atoms with Gasteiger partial charge in [0.1, 0.15) is 4.90 Å². The number of nitrogens with one attached hydrogen (secondary N) is 1. The highest BCUT2D eigenvalue weighted by Crippen LogP contribution is 2.30. The van der Waals surface area contributed by atoms with Crippen molar-refractivity contribution in [1.29, 1.82) is 0 Å². The summed E-state index contributed by atoms with van der Waals surface area (Å²) in [6, 6.07) is 2.72. The van der Waals surface area contributed by atoms with Crippen molar-refractivity contribution in [2.75, 3.05) is 0 Å². The molecule has 1 fully saturated rings. The minimum Gasteiger partial charge on any atom is -0.392 e. The molecule has 2 rings (SSSR count). The van der Waals surface area contributed by atoms with Gasteiger partial charge in [0, 0.05) is 11.1 Å². The molecule has 106 valence electrons. The minimum atomic E-state index is -3.71. The van der Waals surface area contributed by atoms with Gasteiger partial charge in [-0.3, -0.25) is 0 Å². The average Bonchev–Trinajstić information content (AvgIpc) is 2.83. The van der Waals surface area contributed by atoms with E-state index in [4.69, 9.17) is 28.3 Å². The molecular formula is C12H15Cl2NO3S. The Morgan fingerprint density at radius 2 is 1.89 bits per heavy atom. The zero-order chi connectivity index (χ0) is 14.0. The first-order valence-corrected chi connectivity index (χ1v) is 8.29. The highest BCUT2D eigenvalue weighted by Gasteiger charge is 2.26. The summed E-state index contributed by atoms with van der Waals surface area (Å²) in [5.74, 6) is 0. The Morgan fingerprint density at radius 3 is 2.47 bits per heavy atom. The molecule has 4 nitrogen and oxygen atoms in total. The maximum absolute atomic E-state index is 12.3. The third-order valence-electron chi connectivity index (χ3n) is 3.22. The summed E-state index contributed by atoms with van der Waals surface area (Å²) < 4.78 is 27.2. The maximum atomic E-state index is 12.3. The molecule has 1 saturated carbocycles. The number of benzene rings is 1. The predicted octanol–water partition coefficient (Wildman–Crippen LogP) is 2.71. The molecule has 0 bridgehead atoms. The number of sulfonamides is 1. The largest absolute Gasteiger partial charge is 0.392 e. The van der Waals surface area contributed by atoms with Crippen molar-refractivity contribution in [2.45, 2.75) is 43.2 Å². The number of hydrogen-bond acceptors (Lipinski definition) is 3. The van der Waals surface area contributed by atoms with Crippen molar-refractivity contribution in [3.05, 3.63) is 27.7 Å². The second kappa shape index (κ2) is 5.97. The van der Waals surface area contributed by atoms with Crippen LogP contribution in [0.15, 0.2) is 17.0 Å². The molecule has 0 amide bonds. The molecule has 1 aromatic carbocycles. The number of aliphatic hydroxyl groups is 1. The summed E-state index contributed by atoms with van der Waals surface area (Å²) in [5, 5.41) is 9.42. The van der Waals surface area contributed by atoms with Crippen LogP contribution in [0.5, 0.6) is 0 Å². The molecule has 0 radical (unpaired) electrons. The fourth-order valence-electron chi connectivity index (χ4n) is 2.26. The van der Waals surface area contributed by atoms with Crippen LogP contribution in [0.3, 0.4) is 0 Å². The lowest BCUT2D eigenvalue weighted by Gasteiger charge is -2.15.